The number of benzene rings is 1. The molecule has 0 radical (unpaired) electrons. The van der Waals surface area contributed by atoms with Gasteiger partial charge in [0, 0.05) is 6.04 Å². The van der Waals surface area contributed by atoms with E-state index in [1.165, 1.54) is 6.07 Å². The monoisotopic (exact) mass is 274 g/mol. The summed E-state index contributed by atoms with van der Waals surface area (Å²) in [6.45, 7) is 4.00. The number of fused-ring (bicyclic) bond motifs is 1. The van der Waals surface area contributed by atoms with Crippen molar-refractivity contribution in [3.8, 4) is 0 Å². The summed E-state index contributed by atoms with van der Waals surface area (Å²) in [5.41, 5.74) is 0.472. The van der Waals surface area contributed by atoms with Crippen LogP contribution in [0.4, 0.5) is 13.2 Å². The average molecular weight is 274 g/mol. The van der Waals surface area contributed by atoms with E-state index in [1.54, 1.807) is 0 Å². The fourth-order valence-electron chi connectivity index (χ4n) is 1.93. The molecule has 0 saturated carbocycles. The Bertz CT molecular complexity index is 624. The lowest BCUT2D eigenvalue weighted by molar-refractivity contribution is -0.137. The summed E-state index contributed by atoms with van der Waals surface area (Å²) >= 11 is 5.16. The molecule has 0 fully saturated rings. The molecule has 6 heteroatoms. The number of halogens is 3. The minimum atomic E-state index is -4.33. The van der Waals surface area contributed by atoms with Crippen LogP contribution < -0.4 is 0 Å². The zero-order valence-corrected chi connectivity index (χ0v) is 10.8. The van der Waals surface area contributed by atoms with Gasteiger partial charge < -0.3 is 9.55 Å². The molecule has 2 aromatic rings. The molecule has 1 heterocycles. The third-order valence-corrected chi connectivity index (χ3v) is 3.37. The Morgan fingerprint density at radius 2 is 2.06 bits per heavy atom. The molecule has 0 amide bonds. The Hall–Kier alpha value is -1.30. The predicted octanol–water partition coefficient (Wildman–Crippen LogP) is 4.69. The van der Waals surface area contributed by atoms with Crippen LogP contribution in [-0.4, -0.2) is 9.55 Å². The van der Waals surface area contributed by atoms with E-state index in [0.717, 1.165) is 18.6 Å². The molecule has 1 aromatic carbocycles. The van der Waals surface area contributed by atoms with Gasteiger partial charge in [0.2, 0.25) is 0 Å². The molecule has 1 atom stereocenters. The predicted molar refractivity (Wildman–Crippen MR) is 67.1 cm³/mol. The largest absolute Gasteiger partial charge is 0.416 e. The van der Waals surface area contributed by atoms with Gasteiger partial charge in [0.25, 0.3) is 0 Å². The number of alkyl halides is 3. The van der Waals surface area contributed by atoms with Gasteiger partial charge in [0.1, 0.15) is 0 Å². The van der Waals surface area contributed by atoms with Crippen LogP contribution in [0, 0.1) is 4.77 Å². The molecule has 0 aliphatic carbocycles. The highest BCUT2D eigenvalue weighted by Crippen LogP contribution is 2.32. The summed E-state index contributed by atoms with van der Waals surface area (Å²) in [4.78, 5) is 2.83. The van der Waals surface area contributed by atoms with E-state index in [0.29, 0.717) is 15.8 Å². The molecule has 1 N–H and O–H groups in total. The lowest BCUT2D eigenvalue weighted by Crippen LogP contribution is -2.05. The minimum absolute atomic E-state index is 0.156. The van der Waals surface area contributed by atoms with Gasteiger partial charge in [-0.25, -0.2) is 0 Å². The molecule has 0 aliphatic heterocycles. The first-order valence-electron chi connectivity index (χ1n) is 5.66. The van der Waals surface area contributed by atoms with Crippen molar-refractivity contribution < 1.29 is 13.2 Å². The number of nitrogens with zero attached hydrogens (tertiary/aromatic N) is 1. The zero-order chi connectivity index (χ0) is 13.5. The van der Waals surface area contributed by atoms with Gasteiger partial charge in [-0.2, -0.15) is 13.2 Å². The van der Waals surface area contributed by atoms with Gasteiger partial charge in [-0.3, -0.25) is 0 Å². The molecule has 0 spiro atoms. The highest BCUT2D eigenvalue weighted by atomic mass is 32.1. The summed E-state index contributed by atoms with van der Waals surface area (Å²) in [5, 5.41) is 0. The number of H-pyrrole nitrogens is 1. The van der Waals surface area contributed by atoms with E-state index in [-0.39, 0.29) is 6.04 Å². The molecule has 0 saturated heterocycles. The third kappa shape index (κ3) is 2.16. The van der Waals surface area contributed by atoms with Crippen LogP contribution >= 0.6 is 12.2 Å². The van der Waals surface area contributed by atoms with Crippen molar-refractivity contribution in [3.63, 3.8) is 0 Å². The molecule has 1 unspecified atom stereocenters. The van der Waals surface area contributed by atoms with Gasteiger partial charge in [0.15, 0.2) is 4.77 Å². The van der Waals surface area contributed by atoms with Crippen LogP contribution in [0.3, 0.4) is 0 Å². The van der Waals surface area contributed by atoms with Crippen LogP contribution in [0.5, 0.6) is 0 Å². The Morgan fingerprint density at radius 1 is 1.39 bits per heavy atom. The second kappa shape index (κ2) is 4.42. The van der Waals surface area contributed by atoms with Crippen molar-refractivity contribution in [3.05, 3.63) is 28.5 Å². The maximum absolute atomic E-state index is 12.6. The Kier molecular flexibility index (Phi) is 3.23. The van der Waals surface area contributed by atoms with Crippen molar-refractivity contribution in [1.29, 1.82) is 0 Å². The van der Waals surface area contributed by atoms with Crippen molar-refractivity contribution in [1.82, 2.24) is 9.55 Å². The topological polar surface area (TPSA) is 20.7 Å². The normalized spacial score (nSPS) is 14.1. The van der Waals surface area contributed by atoms with Gasteiger partial charge in [-0.15, -0.1) is 0 Å². The SMILES string of the molecule is CCC(C)n1c(=S)[nH]c2cc(C(F)(F)F)ccc21. The van der Waals surface area contributed by atoms with Gasteiger partial charge in [-0.05, 0) is 43.8 Å². The van der Waals surface area contributed by atoms with Crippen LogP contribution in [0.1, 0.15) is 31.9 Å². The summed E-state index contributed by atoms with van der Waals surface area (Å²) in [5.74, 6) is 0. The molecule has 0 aliphatic rings. The van der Waals surface area contributed by atoms with Crippen molar-refractivity contribution in [2.45, 2.75) is 32.5 Å². The van der Waals surface area contributed by atoms with E-state index < -0.39 is 11.7 Å². The van der Waals surface area contributed by atoms with Gasteiger partial charge >= 0.3 is 6.18 Å². The minimum Gasteiger partial charge on any atom is -0.331 e. The summed E-state index contributed by atoms with van der Waals surface area (Å²) < 4.78 is 40.1. The van der Waals surface area contributed by atoms with Crippen molar-refractivity contribution >= 4 is 23.3 Å². The number of hydrogen-bond donors (Lipinski definition) is 1. The van der Waals surface area contributed by atoms with E-state index in [1.807, 2.05) is 18.4 Å². The maximum atomic E-state index is 12.6. The first kappa shape index (κ1) is 13.1. The summed E-state index contributed by atoms with van der Waals surface area (Å²) in [7, 11) is 0. The fourth-order valence-corrected chi connectivity index (χ4v) is 2.32. The number of rotatable bonds is 2. The first-order chi connectivity index (χ1) is 8.34. The third-order valence-electron chi connectivity index (χ3n) is 3.08. The number of aromatic nitrogens is 2. The molecule has 1 aromatic heterocycles. The zero-order valence-electron chi connectivity index (χ0n) is 10.0. The second-order valence-corrected chi connectivity index (χ2v) is 4.67. The molecule has 2 rings (SSSR count). The lowest BCUT2D eigenvalue weighted by Gasteiger charge is -2.12. The fraction of sp³-hybridized carbons (Fsp3) is 0.417. The van der Waals surface area contributed by atoms with Gasteiger partial charge in [0.05, 0.1) is 16.6 Å². The highest BCUT2D eigenvalue weighted by molar-refractivity contribution is 7.71. The standard InChI is InChI=1S/C12H13F3N2S/c1-3-7(2)17-10-5-4-8(12(13,14)15)6-9(10)16-11(17)18/h4-7H,3H2,1-2H3,(H,16,18). The number of nitrogens with one attached hydrogen (secondary N) is 1. The number of aromatic amines is 1. The molecule has 18 heavy (non-hydrogen) atoms. The molecule has 98 valence electrons. The van der Waals surface area contributed by atoms with E-state index in [9.17, 15) is 13.2 Å². The Balaban J connectivity index is 2.66. The average Bonchev–Trinajstić information content (AvgIpc) is 2.61. The first-order valence-corrected chi connectivity index (χ1v) is 6.07. The number of imidazole rings is 1. The molecule has 0 bridgehead atoms. The smallest absolute Gasteiger partial charge is 0.331 e. The van der Waals surface area contributed by atoms with E-state index in [2.05, 4.69) is 4.98 Å². The Labute approximate surface area is 107 Å². The molecular formula is C12H13F3N2S. The van der Waals surface area contributed by atoms with Crippen molar-refractivity contribution in [2.24, 2.45) is 0 Å². The van der Waals surface area contributed by atoms with Crippen LogP contribution in [0.2, 0.25) is 0 Å². The maximum Gasteiger partial charge on any atom is 0.416 e. The van der Waals surface area contributed by atoms with Gasteiger partial charge in [-0.1, -0.05) is 6.92 Å². The summed E-state index contributed by atoms with van der Waals surface area (Å²) in [6.07, 6.45) is -3.47. The molecular weight excluding hydrogens is 261 g/mol. The second-order valence-electron chi connectivity index (χ2n) is 4.29. The van der Waals surface area contributed by atoms with E-state index >= 15 is 0 Å². The summed E-state index contributed by atoms with van der Waals surface area (Å²) in [6, 6.07) is 3.81. The van der Waals surface area contributed by atoms with Crippen LogP contribution in [0.15, 0.2) is 18.2 Å². The van der Waals surface area contributed by atoms with Crippen molar-refractivity contribution in [2.75, 3.05) is 0 Å². The quantitative estimate of drug-likeness (QED) is 0.788. The van der Waals surface area contributed by atoms with Crippen LogP contribution in [-0.2, 0) is 6.18 Å². The highest BCUT2D eigenvalue weighted by Gasteiger charge is 2.30. The van der Waals surface area contributed by atoms with E-state index in [4.69, 9.17) is 12.2 Å². The van der Waals surface area contributed by atoms with Crippen LogP contribution in [0.25, 0.3) is 11.0 Å². The lowest BCUT2D eigenvalue weighted by atomic mass is 10.2. The molecule has 2 nitrogen and oxygen atoms in total. The number of hydrogen-bond acceptors (Lipinski definition) is 1. The Morgan fingerprint density at radius 3 is 2.61 bits per heavy atom.